The number of hydrogen-bond donors (Lipinski definition) is 0. The summed E-state index contributed by atoms with van der Waals surface area (Å²) in [6.07, 6.45) is 13.1. The van der Waals surface area contributed by atoms with Crippen molar-refractivity contribution in [3.63, 3.8) is 0 Å². The molecule has 0 fully saturated rings. The SMILES string of the molecule is C/C=C/n1nnn(-c2ccncc2)c1=O.C/C=C/n1nnn(Cc2ccccc2)c1=O.C/C=C/n1nnn(Cc2ccccc2)c1=O.CC.CC. The number of nitrogens with zero attached hydrogens (tertiary/aromatic N) is 13. The van der Waals surface area contributed by atoms with Crippen LogP contribution < -0.4 is 17.1 Å². The zero-order valence-corrected chi connectivity index (χ0v) is 30.0. The Morgan fingerprint density at radius 3 is 1.25 bits per heavy atom. The van der Waals surface area contributed by atoms with Crippen LogP contribution >= 0.6 is 0 Å². The molecule has 51 heavy (non-hydrogen) atoms. The molecule has 6 aromatic rings. The van der Waals surface area contributed by atoms with E-state index in [1.807, 2.05) is 102 Å². The van der Waals surface area contributed by atoms with Crippen LogP contribution in [0.4, 0.5) is 0 Å². The lowest BCUT2D eigenvalue weighted by molar-refractivity contribution is 0.632. The standard InChI is InChI=1S/2C11H12N4O.C9H9N5O.2C2H6/c2*1-2-8-14-11(16)15(13-12-14)9-10-6-4-3-5-7-10;1-2-7-13-9(15)14(12-11-13)8-3-5-10-6-4-8;2*1-2/h2*2-8H,9H2,1H3;2-7H,1H3;2*1-2H3/b2*8-2+;7-2+;;. The molecule has 16 nitrogen and oxygen atoms in total. The summed E-state index contributed by atoms with van der Waals surface area (Å²) in [5, 5.41) is 22.5. The third-order valence-electron chi connectivity index (χ3n) is 6.05. The summed E-state index contributed by atoms with van der Waals surface area (Å²) in [7, 11) is 0. The van der Waals surface area contributed by atoms with Crippen LogP contribution in [-0.2, 0) is 13.1 Å². The zero-order valence-electron chi connectivity index (χ0n) is 30.0. The number of rotatable bonds is 8. The van der Waals surface area contributed by atoms with Crippen molar-refractivity contribution in [2.45, 2.75) is 61.6 Å². The molecule has 16 heteroatoms. The Balaban J connectivity index is 0.000000252. The molecule has 268 valence electrons. The van der Waals surface area contributed by atoms with E-state index in [9.17, 15) is 14.4 Å². The van der Waals surface area contributed by atoms with Crippen LogP contribution in [0, 0.1) is 0 Å². The highest BCUT2D eigenvalue weighted by molar-refractivity contribution is 5.27. The van der Waals surface area contributed by atoms with Crippen LogP contribution in [0.25, 0.3) is 24.3 Å². The summed E-state index contributed by atoms with van der Waals surface area (Å²) < 4.78 is 7.46. The maximum atomic E-state index is 11.7. The minimum absolute atomic E-state index is 0.234. The molecule has 0 radical (unpaired) electrons. The van der Waals surface area contributed by atoms with Crippen molar-refractivity contribution in [3.05, 3.63) is 146 Å². The molecule has 4 aromatic heterocycles. The molecular formula is C35H45N13O3. The zero-order chi connectivity index (χ0) is 37.4. The lowest BCUT2D eigenvalue weighted by Gasteiger charge is -1.97. The van der Waals surface area contributed by atoms with Gasteiger partial charge in [0.05, 0.1) is 18.8 Å². The highest BCUT2D eigenvalue weighted by Crippen LogP contribution is 2.00. The van der Waals surface area contributed by atoms with Gasteiger partial charge in [0.2, 0.25) is 0 Å². The third-order valence-corrected chi connectivity index (χ3v) is 6.05. The van der Waals surface area contributed by atoms with E-state index in [-0.39, 0.29) is 17.1 Å². The van der Waals surface area contributed by atoms with E-state index in [1.165, 1.54) is 28.1 Å². The van der Waals surface area contributed by atoms with E-state index in [0.29, 0.717) is 18.8 Å². The monoisotopic (exact) mass is 695 g/mol. The Morgan fingerprint density at radius 2 is 0.863 bits per heavy atom. The Hall–Kier alpha value is -6.58. The van der Waals surface area contributed by atoms with E-state index in [2.05, 4.69) is 36.3 Å². The van der Waals surface area contributed by atoms with Crippen LogP contribution in [0.3, 0.4) is 0 Å². The average molecular weight is 696 g/mol. The summed E-state index contributed by atoms with van der Waals surface area (Å²) >= 11 is 0. The molecule has 0 unspecified atom stereocenters. The summed E-state index contributed by atoms with van der Waals surface area (Å²) in [5.41, 5.74) is 1.92. The fourth-order valence-corrected chi connectivity index (χ4v) is 3.89. The van der Waals surface area contributed by atoms with Crippen LogP contribution in [0.15, 0.2) is 118 Å². The molecule has 4 heterocycles. The van der Waals surface area contributed by atoms with Gasteiger partial charge in [0.15, 0.2) is 0 Å². The average Bonchev–Trinajstić information content (AvgIpc) is 3.84. The highest BCUT2D eigenvalue weighted by Gasteiger charge is 2.06. The maximum absolute atomic E-state index is 11.7. The second-order valence-electron chi connectivity index (χ2n) is 9.47. The van der Waals surface area contributed by atoms with Crippen LogP contribution in [-0.4, -0.2) is 64.4 Å². The molecule has 0 saturated heterocycles. The molecule has 0 aliphatic rings. The largest absolute Gasteiger partial charge is 0.372 e. The number of benzene rings is 2. The molecule has 6 rings (SSSR count). The van der Waals surface area contributed by atoms with Gasteiger partial charge in [-0.25, -0.2) is 14.4 Å². The molecular weight excluding hydrogens is 650 g/mol. The molecule has 0 bridgehead atoms. The van der Waals surface area contributed by atoms with Gasteiger partial charge in [-0.2, -0.15) is 28.1 Å². The predicted molar refractivity (Wildman–Crippen MR) is 199 cm³/mol. The second-order valence-corrected chi connectivity index (χ2v) is 9.47. The Labute approximate surface area is 295 Å². The summed E-state index contributed by atoms with van der Waals surface area (Å²) in [4.78, 5) is 39.0. The van der Waals surface area contributed by atoms with Crippen molar-refractivity contribution in [1.82, 2.24) is 64.4 Å². The molecule has 0 aliphatic carbocycles. The quantitative estimate of drug-likeness (QED) is 0.223. The number of aromatic nitrogens is 13. The number of allylic oxidation sites excluding steroid dienone is 3. The Morgan fingerprint density at radius 1 is 0.490 bits per heavy atom. The fraction of sp³-hybridized carbons (Fsp3) is 0.257. The number of pyridine rings is 1. The van der Waals surface area contributed by atoms with Crippen molar-refractivity contribution in [2.24, 2.45) is 0 Å². The minimum Gasteiger partial charge on any atom is -0.265 e. The van der Waals surface area contributed by atoms with Gasteiger partial charge in [-0.15, -0.1) is 0 Å². The van der Waals surface area contributed by atoms with Crippen LogP contribution in [0.1, 0.15) is 59.6 Å². The van der Waals surface area contributed by atoms with E-state index in [1.54, 1.807) is 68.3 Å². The number of hydrogen-bond acceptors (Lipinski definition) is 10. The van der Waals surface area contributed by atoms with Gasteiger partial charge in [0.1, 0.15) is 0 Å². The maximum Gasteiger partial charge on any atom is 0.372 e. The topological polar surface area (TPSA) is 171 Å². The van der Waals surface area contributed by atoms with E-state index >= 15 is 0 Å². The van der Waals surface area contributed by atoms with Crippen molar-refractivity contribution in [2.75, 3.05) is 0 Å². The molecule has 0 spiro atoms. The first-order valence-corrected chi connectivity index (χ1v) is 16.4. The molecule has 2 aromatic carbocycles. The molecule has 0 atom stereocenters. The number of tetrazole rings is 3. The van der Waals surface area contributed by atoms with Crippen molar-refractivity contribution in [3.8, 4) is 5.69 Å². The first-order valence-electron chi connectivity index (χ1n) is 16.4. The van der Waals surface area contributed by atoms with E-state index in [0.717, 1.165) is 11.1 Å². The smallest absolute Gasteiger partial charge is 0.265 e. The molecule has 0 aliphatic heterocycles. The predicted octanol–water partition coefficient (Wildman–Crippen LogP) is 4.32. The Kier molecular flexibility index (Phi) is 18.2. The van der Waals surface area contributed by atoms with Gasteiger partial charge in [0, 0.05) is 31.0 Å². The first-order chi connectivity index (χ1) is 24.9. The second kappa shape index (κ2) is 22.9. The summed E-state index contributed by atoms with van der Waals surface area (Å²) in [5.74, 6) is 0. The molecule has 0 amide bonds. The van der Waals surface area contributed by atoms with Gasteiger partial charge >= 0.3 is 17.1 Å². The first kappa shape index (κ1) is 40.6. The lowest BCUT2D eigenvalue weighted by atomic mass is 10.2. The normalized spacial score (nSPS) is 10.4. The van der Waals surface area contributed by atoms with Gasteiger partial charge in [0.25, 0.3) is 0 Å². The third kappa shape index (κ3) is 12.4. The molecule has 0 N–H and O–H groups in total. The minimum atomic E-state index is -0.306. The van der Waals surface area contributed by atoms with Gasteiger partial charge < -0.3 is 0 Å². The van der Waals surface area contributed by atoms with E-state index in [4.69, 9.17) is 0 Å². The van der Waals surface area contributed by atoms with Crippen molar-refractivity contribution in [1.29, 1.82) is 0 Å². The fourth-order valence-electron chi connectivity index (χ4n) is 3.89. The summed E-state index contributed by atoms with van der Waals surface area (Å²) in [6, 6.07) is 22.7. The van der Waals surface area contributed by atoms with Crippen molar-refractivity contribution < 1.29 is 0 Å². The van der Waals surface area contributed by atoms with Gasteiger partial charge in [-0.3, -0.25) is 4.98 Å². The molecule has 0 saturated carbocycles. The lowest BCUT2D eigenvalue weighted by Crippen LogP contribution is -2.23. The van der Waals surface area contributed by atoms with Gasteiger partial charge in [-0.05, 0) is 75.3 Å². The van der Waals surface area contributed by atoms with Crippen molar-refractivity contribution >= 4 is 18.6 Å². The van der Waals surface area contributed by atoms with Crippen LogP contribution in [0.2, 0.25) is 0 Å². The van der Waals surface area contributed by atoms with Crippen LogP contribution in [0.5, 0.6) is 0 Å². The van der Waals surface area contributed by atoms with Gasteiger partial charge in [-0.1, -0.05) is 107 Å². The Bertz CT molecular complexity index is 1980. The van der Waals surface area contributed by atoms with E-state index < -0.39 is 0 Å². The summed E-state index contributed by atoms with van der Waals surface area (Å²) in [6.45, 7) is 14.3. The highest BCUT2D eigenvalue weighted by atomic mass is 16.2.